The first kappa shape index (κ1) is 8.66. The Labute approximate surface area is 59.6 Å². The van der Waals surface area contributed by atoms with E-state index in [9.17, 15) is 0 Å². The van der Waals surface area contributed by atoms with E-state index in [-0.39, 0.29) is 0 Å². The summed E-state index contributed by atoms with van der Waals surface area (Å²) < 4.78 is 0. The van der Waals surface area contributed by atoms with Crippen LogP contribution in [0.3, 0.4) is 0 Å². The summed E-state index contributed by atoms with van der Waals surface area (Å²) in [5, 5.41) is 0. The van der Waals surface area contributed by atoms with Gasteiger partial charge in [0.1, 0.15) is 0 Å². The predicted octanol–water partition coefficient (Wildman–Crippen LogP) is 1.56. The lowest BCUT2D eigenvalue weighted by atomic mass is 10.7. The van der Waals surface area contributed by atoms with Crippen molar-refractivity contribution in [1.82, 2.24) is 4.90 Å². The molecule has 50 valence electrons. The summed E-state index contributed by atoms with van der Waals surface area (Å²) in [4.78, 5) is 2.20. The van der Waals surface area contributed by atoms with Crippen molar-refractivity contribution < 1.29 is 0 Å². The molecule has 0 aliphatic carbocycles. The van der Waals surface area contributed by atoms with Crippen LogP contribution in [0.25, 0.3) is 0 Å². The second kappa shape index (κ2) is 5.79. The van der Waals surface area contributed by atoms with Gasteiger partial charge in [0.25, 0.3) is 0 Å². The van der Waals surface area contributed by atoms with Gasteiger partial charge in [-0.15, -0.1) is 0 Å². The average molecular weight is 151 g/mol. The maximum atomic E-state index is 2.20. The quantitative estimate of drug-likeness (QED) is 0.443. The largest absolute Gasteiger partial charge is 0.309 e. The molecular formula is C5H13NS2. The molecule has 0 bridgehead atoms. The van der Waals surface area contributed by atoms with E-state index < -0.39 is 0 Å². The summed E-state index contributed by atoms with van der Waals surface area (Å²) in [6.07, 6.45) is 2.11. The molecule has 8 heavy (non-hydrogen) atoms. The van der Waals surface area contributed by atoms with Crippen molar-refractivity contribution in [3.8, 4) is 0 Å². The molecule has 0 N–H and O–H groups in total. The molecule has 0 aromatic rings. The lowest BCUT2D eigenvalue weighted by Crippen LogP contribution is -2.14. The van der Waals surface area contributed by atoms with Gasteiger partial charge in [0.15, 0.2) is 0 Å². The second-order valence-corrected chi connectivity index (χ2v) is 4.48. The molecule has 0 unspecified atom stereocenters. The monoisotopic (exact) mass is 151 g/mol. The third kappa shape index (κ3) is 6.66. The highest BCUT2D eigenvalue weighted by atomic mass is 33.1. The molecule has 0 fully saturated rings. The smallest absolute Gasteiger partial charge is 0.0165 e. The van der Waals surface area contributed by atoms with E-state index >= 15 is 0 Å². The Bertz CT molecular complexity index is 47.7. The fourth-order valence-corrected chi connectivity index (χ4v) is 1.63. The molecule has 0 amide bonds. The Balaban J connectivity index is 2.72. The van der Waals surface area contributed by atoms with Gasteiger partial charge in [-0.2, -0.15) is 0 Å². The lowest BCUT2D eigenvalue weighted by Gasteiger charge is -2.06. The fourth-order valence-electron chi connectivity index (χ4n) is 0.303. The van der Waals surface area contributed by atoms with E-state index in [4.69, 9.17) is 0 Å². The molecule has 1 nitrogen and oxygen atoms in total. The van der Waals surface area contributed by atoms with Gasteiger partial charge in [0.05, 0.1) is 0 Å². The van der Waals surface area contributed by atoms with Crippen molar-refractivity contribution >= 4 is 21.6 Å². The average Bonchev–Trinajstić information content (AvgIpc) is 1.66. The maximum Gasteiger partial charge on any atom is 0.0165 e. The van der Waals surface area contributed by atoms with Crippen LogP contribution in [0, 0.1) is 0 Å². The first-order valence-corrected chi connectivity index (χ1v) is 5.30. The Hall–Kier alpha value is 0.660. The van der Waals surface area contributed by atoms with Crippen LogP contribution in [0.5, 0.6) is 0 Å². The zero-order chi connectivity index (χ0) is 6.41. The second-order valence-electron chi connectivity index (χ2n) is 1.79. The van der Waals surface area contributed by atoms with Gasteiger partial charge in [0, 0.05) is 12.3 Å². The van der Waals surface area contributed by atoms with E-state index in [0.717, 1.165) is 0 Å². The van der Waals surface area contributed by atoms with Gasteiger partial charge >= 0.3 is 0 Å². The first-order valence-electron chi connectivity index (χ1n) is 2.57. The van der Waals surface area contributed by atoms with Crippen molar-refractivity contribution in [2.45, 2.75) is 0 Å². The third-order valence-corrected chi connectivity index (χ3v) is 2.53. The summed E-state index contributed by atoms with van der Waals surface area (Å²) in [5.74, 6) is 1.23. The Kier molecular flexibility index (Phi) is 6.27. The minimum Gasteiger partial charge on any atom is -0.309 e. The Morgan fingerprint density at radius 3 is 2.38 bits per heavy atom. The molecule has 0 rings (SSSR count). The standard InChI is InChI=1S/C5H13NS2/c1-6(2)4-5-8-7-3/h4-5H2,1-3H3. The van der Waals surface area contributed by atoms with E-state index in [0.29, 0.717) is 0 Å². The highest BCUT2D eigenvalue weighted by molar-refractivity contribution is 8.76. The number of hydrogen-bond acceptors (Lipinski definition) is 3. The maximum absolute atomic E-state index is 2.20. The molecule has 0 heterocycles. The van der Waals surface area contributed by atoms with Crippen molar-refractivity contribution in [3.63, 3.8) is 0 Å². The van der Waals surface area contributed by atoms with Gasteiger partial charge in [-0.25, -0.2) is 0 Å². The number of hydrogen-bond donors (Lipinski definition) is 0. The normalized spacial score (nSPS) is 10.5. The van der Waals surface area contributed by atoms with Crippen LogP contribution < -0.4 is 0 Å². The lowest BCUT2D eigenvalue weighted by molar-refractivity contribution is 0.438. The summed E-state index contributed by atoms with van der Waals surface area (Å²) in [7, 11) is 7.94. The molecular weight excluding hydrogens is 138 g/mol. The van der Waals surface area contributed by atoms with Gasteiger partial charge in [0.2, 0.25) is 0 Å². The molecule has 0 saturated carbocycles. The number of rotatable bonds is 4. The van der Waals surface area contributed by atoms with Crippen molar-refractivity contribution in [3.05, 3.63) is 0 Å². The van der Waals surface area contributed by atoms with Gasteiger partial charge in [-0.1, -0.05) is 21.6 Å². The van der Waals surface area contributed by atoms with Crippen LogP contribution in [0.1, 0.15) is 0 Å². The van der Waals surface area contributed by atoms with E-state index in [2.05, 4.69) is 25.3 Å². The third-order valence-electron chi connectivity index (χ3n) is 0.740. The first-order chi connectivity index (χ1) is 3.77. The van der Waals surface area contributed by atoms with Gasteiger partial charge in [-0.05, 0) is 20.4 Å². The molecule has 3 heteroatoms. The van der Waals surface area contributed by atoms with Crippen LogP contribution in [0.4, 0.5) is 0 Å². The van der Waals surface area contributed by atoms with Crippen molar-refractivity contribution in [2.24, 2.45) is 0 Å². The van der Waals surface area contributed by atoms with Gasteiger partial charge in [-0.3, -0.25) is 0 Å². The minimum atomic E-state index is 1.19. The highest BCUT2D eigenvalue weighted by Crippen LogP contribution is 2.15. The molecule has 0 saturated heterocycles. The summed E-state index contributed by atoms with van der Waals surface area (Å²) in [6.45, 7) is 1.19. The van der Waals surface area contributed by atoms with Crippen LogP contribution in [-0.2, 0) is 0 Å². The molecule has 0 aliphatic heterocycles. The summed E-state index contributed by atoms with van der Waals surface area (Å²) >= 11 is 0. The van der Waals surface area contributed by atoms with Crippen molar-refractivity contribution in [1.29, 1.82) is 0 Å². The van der Waals surface area contributed by atoms with E-state index in [1.165, 1.54) is 12.3 Å². The van der Waals surface area contributed by atoms with Crippen LogP contribution in [0.15, 0.2) is 0 Å². The molecule has 0 atom stereocenters. The zero-order valence-electron chi connectivity index (χ0n) is 5.68. The topological polar surface area (TPSA) is 3.24 Å². The van der Waals surface area contributed by atoms with Crippen LogP contribution >= 0.6 is 21.6 Å². The van der Waals surface area contributed by atoms with Crippen LogP contribution in [0.2, 0.25) is 0 Å². The predicted molar refractivity (Wildman–Crippen MR) is 44.5 cm³/mol. The van der Waals surface area contributed by atoms with Crippen molar-refractivity contribution in [2.75, 3.05) is 32.6 Å². The SMILES string of the molecule is CSSCCN(C)C. The molecule has 0 aliphatic rings. The van der Waals surface area contributed by atoms with Gasteiger partial charge < -0.3 is 4.90 Å². The minimum absolute atomic E-state index is 1.19. The highest BCUT2D eigenvalue weighted by Gasteiger charge is 1.87. The Morgan fingerprint density at radius 2 is 2.00 bits per heavy atom. The number of nitrogens with zero attached hydrogens (tertiary/aromatic N) is 1. The van der Waals surface area contributed by atoms with E-state index in [1.54, 1.807) is 0 Å². The zero-order valence-corrected chi connectivity index (χ0v) is 7.31. The van der Waals surface area contributed by atoms with Crippen LogP contribution in [-0.4, -0.2) is 37.5 Å². The fraction of sp³-hybridized carbons (Fsp3) is 1.00. The summed E-state index contributed by atoms with van der Waals surface area (Å²) in [5.41, 5.74) is 0. The Morgan fingerprint density at radius 1 is 1.38 bits per heavy atom. The molecule has 0 aromatic heterocycles. The van der Waals surface area contributed by atoms with E-state index in [1.807, 2.05) is 21.6 Å². The molecule has 0 spiro atoms. The molecule has 0 aromatic carbocycles. The molecule has 0 radical (unpaired) electrons. The summed E-state index contributed by atoms with van der Waals surface area (Å²) in [6, 6.07) is 0.